The number of benzene rings is 9. The van der Waals surface area contributed by atoms with E-state index in [4.69, 9.17) is 0 Å². The maximum atomic E-state index is 2.50. The number of hydrogen-bond acceptors (Lipinski definition) is 2. The van der Waals surface area contributed by atoms with Gasteiger partial charge < -0.3 is 4.90 Å². The van der Waals surface area contributed by atoms with Crippen LogP contribution in [0.15, 0.2) is 212 Å². The van der Waals surface area contributed by atoms with E-state index in [-0.39, 0.29) is 0 Å². The average Bonchev–Trinajstić information content (AvgIpc) is 3.78. The highest BCUT2D eigenvalue weighted by Crippen LogP contribution is 2.57. The molecule has 1 aromatic heterocycles. The molecule has 1 aliphatic carbocycles. The Labute approximate surface area is 325 Å². The first-order valence-electron chi connectivity index (χ1n) is 18.9. The fourth-order valence-corrected chi connectivity index (χ4v) is 10.4. The minimum absolute atomic E-state index is 0.452. The molecule has 11 rings (SSSR count). The van der Waals surface area contributed by atoms with E-state index in [1.807, 2.05) is 11.3 Å². The molecule has 1 aliphatic rings. The Morgan fingerprint density at radius 2 is 0.909 bits per heavy atom. The number of rotatable bonds is 6. The monoisotopic (exact) mass is 717 g/mol. The number of thiophene rings is 1. The minimum atomic E-state index is -0.452. The third kappa shape index (κ3) is 4.85. The number of anilines is 3. The standard InChI is InChI=1S/C53H35NS/c1-5-17-37(18-6-1)53(38-19-7-2-8-20-38)49-28-16-15-26-43(49)44-31-29-36(33-50(44)53)46-35-48-47-34-41(30-32-51(47)55-52(48)45-27-14-13-25-42(45)46)54(39-21-9-3-10-22-39)40-23-11-4-12-24-40/h1-35H. The first-order chi connectivity index (χ1) is 27.3. The van der Waals surface area contributed by atoms with Crippen molar-refractivity contribution in [1.29, 1.82) is 0 Å². The number of para-hydroxylation sites is 2. The predicted molar refractivity (Wildman–Crippen MR) is 234 cm³/mol. The summed E-state index contributed by atoms with van der Waals surface area (Å²) in [5, 5.41) is 5.13. The highest BCUT2D eigenvalue weighted by Gasteiger charge is 2.46. The molecule has 0 saturated carbocycles. The molecule has 55 heavy (non-hydrogen) atoms. The van der Waals surface area contributed by atoms with E-state index in [1.165, 1.54) is 75.5 Å². The van der Waals surface area contributed by atoms with E-state index in [0.717, 1.165) is 17.1 Å². The molecule has 0 spiro atoms. The zero-order valence-corrected chi connectivity index (χ0v) is 30.9. The Bertz CT molecular complexity index is 2940. The van der Waals surface area contributed by atoms with E-state index in [1.54, 1.807) is 0 Å². The lowest BCUT2D eigenvalue weighted by Gasteiger charge is -2.34. The molecule has 0 amide bonds. The van der Waals surface area contributed by atoms with Crippen LogP contribution in [0.5, 0.6) is 0 Å². The van der Waals surface area contributed by atoms with Gasteiger partial charge in [0.15, 0.2) is 0 Å². The molecule has 258 valence electrons. The Hall–Kier alpha value is -6.74. The molecule has 0 fully saturated rings. The molecule has 10 aromatic rings. The topological polar surface area (TPSA) is 3.24 Å². The van der Waals surface area contributed by atoms with Crippen LogP contribution < -0.4 is 4.90 Å². The lowest BCUT2D eigenvalue weighted by Crippen LogP contribution is -2.28. The van der Waals surface area contributed by atoms with Gasteiger partial charge in [0.2, 0.25) is 0 Å². The van der Waals surface area contributed by atoms with Crippen LogP contribution in [0.2, 0.25) is 0 Å². The maximum Gasteiger partial charge on any atom is 0.0713 e. The highest BCUT2D eigenvalue weighted by molar-refractivity contribution is 7.26. The lowest BCUT2D eigenvalue weighted by atomic mass is 9.67. The van der Waals surface area contributed by atoms with Gasteiger partial charge >= 0.3 is 0 Å². The number of fused-ring (bicyclic) bond motifs is 8. The maximum absolute atomic E-state index is 2.50. The van der Waals surface area contributed by atoms with Crippen LogP contribution in [0.1, 0.15) is 22.3 Å². The van der Waals surface area contributed by atoms with Crippen LogP contribution in [-0.2, 0) is 5.41 Å². The quantitative estimate of drug-likeness (QED) is 0.166. The van der Waals surface area contributed by atoms with Gasteiger partial charge in [-0.15, -0.1) is 11.3 Å². The molecule has 0 saturated heterocycles. The first kappa shape index (κ1) is 31.8. The zero-order chi connectivity index (χ0) is 36.3. The van der Waals surface area contributed by atoms with E-state index in [0.29, 0.717) is 0 Å². The van der Waals surface area contributed by atoms with Gasteiger partial charge in [-0.05, 0) is 104 Å². The van der Waals surface area contributed by atoms with Gasteiger partial charge in [-0.1, -0.05) is 158 Å². The molecule has 9 aromatic carbocycles. The second-order valence-electron chi connectivity index (χ2n) is 14.4. The molecule has 0 bridgehead atoms. The van der Waals surface area contributed by atoms with Crippen LogP contribution in [0.3, 0.4) is 0 Å². The van der Waals surface area contributed by atoms with Crippen LogP contribution in [0.25, 0.3) is 53.2 Å². The number of hydrogen-bond donors (Lipinski definition) is 0. The third-order valence-corrected chi connectivity index (χ3v) is 12.7. The largest absolute Gasteiger partial charge is 0.310 e. The lowest BCUT2D eigenvalue weighted by molar-refractivity contribution is 0.769. The molecule has 2 heteroatoms. The van der Waals surface area contributed by atoms with Crippen molar-refractivity contribution in [3.63, 3.8) is 0 Å². The second kappa shape index (κ2) is 12.7. The van der Waals surface area contributed by atoms with Gasteiger partial charge in [0.25, 0.3) is 0 Å². The van der Waals surface area contributed by atoms with Crippen LogP contribution in [0, 0.1) is 0 Å². The van der Waals surface area contributed by atoms with E-state index in [2.05, 4.69) is 217 Å². The summed E-state index contributed by atoms with van der Waals surface area (Å²) in [7, 11) is 0. The molecule has 0 atom stereocenters. The summed E-state index contributed by atoms with van der Waals surface area (Å²) in [5.74, 6) is 0. The molecule has 1 heterocycles. The summed E-state index contributed by atoms with van der Waals surface area (Å²) >= 11 is 1.89. The first-order valence-corrected chi connectivity index (χ1v) is 19.7. The minimum Gasteiger partial charge on any atom is -0.310 e. The van der Waals surface area contributed by atoms with Gasteiger partial charge in [0.1, 0.15) is 0 Å². The van der Waals surface area contributed by atoms with Crippen molar-refractivity contribution in [2.24, 2.45) is 0 Å². The van der Waals surface area contributed by atoms with Crippen molar-refractivity contribution in [3.05, 3.63) is 235 Å². The molecular formula is C53H35NS. The number of nitrogens with zero attached hydrogens (tertiary/aromatic N) is 1. The SMILES string of the molecule is c1ccc(N(c2ccccc2)c2ccc3sc4c5ccccc5c(-c5ccc6c(c5)C(c5ccccc5)(c5ccccc5)c5ccccc5-6)cc4c3c2)cc1. The van der Waals surface area contributed by atoms with Crippen molar-refractivity contribution in [2.45, 2.75) is 5.41 Å². The van der Waals surface area contributed by atoms with E-state index < -0.39 is 5.41 Å². The van der Waals surface area contributed by atoms with E-state index in [9.17, 15) is 0 Å². The van der Waals surface area contributed by atoms with Crippen LogP contribution in [0.4, 0.5) is 17.1 Å². The summed E-state index contributed by atoms with van der Waals surface area (Å²) in [6.45, 7) is 0. The van der Waals surface area contributed by atoms with Crippen molar-refractivity contribution in [2.75, 3.05) is 4.90 Å². The zero-order valence-electron chi connectivity index (χ0n) is 30.1. The summed E-state index contributed by atoms with van der Waals surface area (Å²) in [5.41, 5.74) is 13.3. The summed E-state index contributed by atoms with van der Waals surface area (Å²) in [4.78, 5) is 2.36. The Morgan fingerprint density at radius 1 is 0.345 bits per heavy atom. The van der Waals surface area contributed by atoms with Gasteiger partial charge in [0, 0.05) is 42.6 Å². The fraction of sp³-hybridized carbons (Fsp3) is 0.0189. The third-order valence-electron chi connectivity index (χ3n) is 11.5. The molecule has 0 radical (unpaired) electrons. The van der Waals surface area contributed by atoms with Crippen molar-refractivity contribution >= 4 is 59.3 Å². The molecule has 1 nitrogen and oxygen atoms in total. The van der Waals surface area contributed by atoms with Crippen LogP contribution in [-0.4, -0.2) is 0 Å². The second-order valence-corrected chi connectivity index (χ2v) is 15.5. The molecular weight excluding hydrogens is 683 g/mol. The summed E-state index contributed by atoms with van der Waals surface area (Å²) in [6, 6.07) is 78.1. The summed E-state index contributed by atoms with van der Waals surface area (Å²) < 4.78 is 2.62. The van der Waals surface area contributed by atoms with Crippen molar-refractivity contribution in [1.82, 2.24) is 0 Å². The molecule has 0 unspecified atom stereocenters. The highest BCUT2D eigenvalue weighted by atomic mass is 32.1. The van der Waals surface area contributed by atoms with Crippen LogP contribution >= 0.6 is 11.3 Å². The smallest absolute Gasteiger partial charge is 0.0713 e. The van der Waals surface area contributed by atoms with Crippen molar-refractivity contribution in [3.8, 4) is 22.3 Å². The normalized spacial score (nSPS) is 12.9. The van der Waals surface area contributed by atoms with Gasteiger partial charge in [-0.3, -0.25) is 0 Å². The Kier molecular flexibility index (Phi) is 7.33. The van der Waals surface area contributed by atoms with Gasteiger partial charge in [0.05, 0.1) is 5.41 Å². The predicted octanol–water partition coefficient (Wildman–Crippen LogP) is 14.7. The van der Waals surface area contributed by atoms with Crippen molar-refractivity contribution < 1.29 is 0 Å². The summed E-state index contributed by atoms with van der Waals surface area (Å²) in [6.07, 6.45) is 0. The Balaban J connectivity index is 1.17. The molecule has 0 N–H and O–H groups in total. The molecule has 0 aliphatic heterocycles. The average molecular weight is 718 g/mol. The Morgan fingerprint density at radius 3 is 1.58 bits per heavy atom. The van der Waals surface area contributed by atoms with Gasteiger partial charge in [-0.25, -0.2) is 0 Å². The van der Waals surface area contributed by atoms with Gasteiger partial charge in [-0.2, -0.15) is 0 Å². The van der Waals surface area contributed by atoms with E-state index >= 15 is 0 Å². The fourth-order valence-electron chi connectivity index (χ4n) is 9.18.